The maximum atomic E-state index is 12.5. The molecule has 26 heavy (non-hydrogen) atoms. The van der Waals surface area contributed by atoms with E-state index in [0.29, 0.717) is 19.5 Å². The molecule has 4 rings (SSSR count). The molecule has 1 atom stereocenters. The van der Waals surface area contributed by atoms with Crippen molar-refractivity contribution in [3.8, 4) is 16.9 Å². The zero-order chi connectivity index (χ0) is 18.1. The number of likely N-dealkylation sites (tertiary alicyclic amines) is 1. The van der Waals surface area contributed by atoms with Crippen molar-refractivity contribution in [1.29, 1.82) is 0 Å². The average molecular weight is 350 g/mol. The quantitative estimate of drug-likeness (QED) is 0.922. The summed E-state index contributed by atoms with van der Waals surface area (Å²) in [5.74, 6) is 0.656. The standard InChI is InChI=1S/C21H22N2O3/c1-2-23-13-17(12-20(23)24)21(25)22-18-5-3-4-14(11-18)15-6-7-19-16(10-15)8-9-26-19/h3-7,10-11,17H,2,8-9,12-13H2,1H3,(H,22,25). The number of anilines is 1. The summed E-state index contributed by atoms with van der Waals surface area (Å²) >= 11 is 0. The predicted molar refractivity (Wildman–Crippen MR) is 100 cm³/mol. The molecule has 0 aliphatic carbocycles. The summed E-state index contributed by atoms with van der Waals surface area (Å²) in [6, 6.07) is 14.0. The number of hydrogen-bond acceptors (Lipinski definition) is 3. The second-order valence-electron chi connectivity index (χ2n) is 6.82. The Labute approximate surface area is 153 Å². The van der Waals surface area contributed by atoms with Crippen LogP contribution in [0.15, 0.2) is 42.5 Å². The predicted octanol–water partition coefficient (Wildman–Crippen LogP) is 3.10. The Hall–Kier alpha value is -2.82. The molecular weight excluding hydrogens is 328 g/mol. The first kappa shape index (κ1) is 16.6. The molecule has 2 aromatic carbocycles. The van der Waals surface area contributed by atoms with Crippen molar-refractivity contribution in [2.24, 2.45) is 5.92 Å². The van der Waals surface area contributed by atoms with E-state index in [0.717, 1.165) is 35.6 Å². The van der Waals surface area contributed by atoms with Crippen LogP contribution in [-0.4, -0.2) is 36.4 Å². The molecule has 0 aromatic heterocycles. The normalized spacial score (nSPS) is 18.6. The number of ether oxygens (including phenoxy) is 1. The molecule has 0 bridgehead atoms. The smallest absolute Gasteiger partial charge is 0.229 e. The molecule has 2 heterocycles. The van der Waals surface area contributed by atoms with Gasteiger partial charge >= 0.3 is 0 Å². The van der Waals surface area contributed by atoms with Crippen molar-refractivity contribution in [2.45, 2.75) is 19.8 Å². The van der Waals surface area contributed by atoms with Crippen molar-refractivity contribution < 1.29 is 14.3 Å². The maximum absolute atomic E-state index is 12.5. The highest BCUT2D eigenvalue weighted by atomic mass is 16.5. The highest BCUT2D eigenvalue weighted by Gasteiger charge is 2.33. The minimum atomic E-state index is -0.275. The third-order valence-corrected chi connectivity index (χ3v) is 5.12. The van der Waals surface area contributed by atoms with Gasteiger partial charge in [0.15, 0.2) is 0 Å². The summed E-state index contributed by atoms with van der Waals surface area (Å²) in [5, 5.41) is 2.97. The molecule has 5 nitrogen and oxygen atoms in total. The lowest BCUT2D eigenvalue weighted by Gasteiger charge is -2.14. The lowest BCUT2D eigenvalue weighted by Crippen LogP contribution is -2.28. The number of carbonyl (C=O) groups is 2. The fourth-order valence-corrected chi connectivity index (χ4v) is 3.64. The van der Waals surface area contributed by atoms with Gasteiger partial charge in [-0.15, -0.1) is 0 Å². The fraction of sp³-hybridized carbons (Fsp3) is 0.333. The molecule has 5 heteroatoms. The van der Waals surface area contributed by atoms with Crippen LogP contribution >= 0.6 is 0 Å². The van der Waals surface area contributed by atoms with E-state index in [2.05, 4.69) is 11.4 Å². The van der Waals surface area contributed by atoms with Crippen LogP contribution in [-0.2, 0) is 16.0 Å². The van der Waals surface area contributed by atoms with Crippen LogP contribution in [0.2, 0.25) is 0 Å². The minimum Gasteiger partial charge on any atom is -0.493 e. The van der Waals surface area contributed by atoms with Gasteiger partial charge < -0.3 is 15.0 Å². The number of rotatable bonds is 4. The van der Waals surface area contributed by atoms with Crippen LogP contribution in [0.5, 0.6) is 5.75 Å². The fourth-order valence-electron chi connectivity index (χ4n) is 3.64. The summed E-state index contributed by atoms with van der Waals surface area (Å²) in [4.78, 5) is 26.1. The number of hydrogen-bond donors (Lipinski definition) is 1. The topological polar surface area (TPSA) is 58.6 Å². The summed E-state index contributed by atoms with van der Waals surface area (Å²) in [7, 11) is 0. The number of fused-ring (bicyclic) bond motifs is 1. The van der Waals surface area contributed by atoms with E-state index in [9.17, 15) is 9.59 Å². The zero-order valence-electron chi connectivity index (χ0n) is 14.8. The van der Waals surface area contributed by atoms with E-state index in [1.54, 1.807) is 4.90 Å². The van der Waals surface area contributed by atoms with Gasteiger partial charge in [0, 0.05) is 31.6 Å². The highest BCUT2D eigenvalue weighted by molar-refractivity contribution is 5.97. The van der Waals surface area contributed by atoms with Crippen LogP contribution in [0.25, 0.3) is 11.1 Å². The maximum Gasteiger partial charge on any atom is 0.229 e. The van der Waals surface area contributed by atoms with Crippen LogP contribution in [0.4, 0.5) is 5.69 Å². The average Bonchev–Trinajstić information content (AvgIpc) is 3.27. The van der Waals surface area contributed by atoms with Gasteiger partial charge in [0.2, 0.25) is 11.8 Å². The molecule has 1 fully saturated rings. The third-order valence-electron chi connectivity index (χ3n) is 5.12. The molecule has 2 amide bonds. The Kier molecular flexibility index (Phi) is 4.37. The van der Waals surface area contributed by atoms with E-state index in [1.807, 2.05) is 43.3 Å². The van der Waals surface area contributed by atoms with Crippen molar-refractivity contribution in [1.82, 2.24) is 4.90 Å². The van der Waals surface area contributed by atoms with E-state index in [4.69, 9.17) is 4.74 Å². The molecule has 0 saturated carbocycles. The molecule has 0 spiro atoms. The number of amides is 2. The number of carbonyl (C=O) groups excluding carboxylic acids is 2. The first-order valence-electron chi connectivity index (χ1n) is 9.09. The van der Waals surface area contributed by atoms with Crippen LogP contribution < -0.4 is 10.1 Å². The van der Waals surface area contributed by atoms with Crippen molar-refractivity contribution in [3.05, 3.63) is 48.0 Å². The Morgan fingerprint density at radius 3 is 2.88 bits per heavy atom. The highest BCUT2D eigenvalue weighted by Crippen LogP contribution is 2.31. The lowest BCUT2D eigenvalue weighted by molar-refractivity contribution is -0.128. The third kappa shape index (κ3) is 3.17. The first-order valence-corrected chi connectivity index (χ1v) is 9.09. The van der Waals surface area contributed by atoms with Crippen molar-refractivity contribution >= 4 is 17.5 Å². The molecule has 1 unspecified atom stereocenters. The molecule has 2 aliphatic heterocycles. The molecule has 2 aliphatic rings. The largest absolute Gasteiger partial charge is 0.493 e. The van der Waals surface area contributed by atoms with Gasteiger partial charge in [-0.3, -0.25) is 9.59 Å². The molecule has 134 valence electrons. The van der Waals surface area contributed by atoms with Crippen LogP contribution in [0.1, 0.15) is 18.9 Å². The van der Waals surface area contributed by atoms with Crippen LogP contribution in [0.3, 0.4) is 0 Å². The van der Waals surface area contributed by atoms with Crippen molar-refractivity contribution in [3.63, 3.8) is 0 Å². The Bertz CT molecular complexity index is 862. The van der Waals surface area contributed by atoms with Gasteiger partial charge in [0.1, 0.15) is 5.75 Å². The van der Waals surface area contributed by atoms with Gasteiger partial charge in [-0.1, -0.05) is 18.2 Å². The molecule has 2 aromatic rings. The van der Waals surface area contributed by atoms with Gasteiger partial charge in [-0.2, -0.15) is 0 Å². The second kappa shape index (κ2) is 6.83. The molecule has 1 saturated heterocycles. The van der Waals surface area contributed by atoms with Gasteiger partial charge in [0.05, 0.1) is 12.5 Å². The zero-order valence-corrected chi connectivity index (χ0v) is 14.8. The summed E-state index contributed by atoms with van der Waals surface area (Å²) in [6.45, 7) is 3.83. The SMILES string of the molecule is CCN1CC(C(=O)Nc2cccc(-c3ccc4c(c3)CCO4)c2)CC1=O. The number of nitrogens with zero attached hydrogens (tertiary/aromatic N) is 1. The van der Waals surface area contributed by atoms with Gasteiger partial charge in [-0.05, 0) is 47.9 Å². The van der Waals surface area contributed by atoms with Crippen LogP contribution in [0, 0.1) is 5.92 Å². The molecule has 0 radical (unpaired) electrons. The van der Waals surface area contributed by atoms with Gasteiger partial charge in [0.25, 0.3) is 0 Å². The Balaban J connectivity index is 1.49. The lowest BCUT2D eigenvalue weighted by atomic mass is 10.0. The molecular formula is C21H22N2O3. The van der Waals surface area contributed by atoms with E-state index in [1.165, 1.54) is 5.56 Å². The van der Waals surface area contributed by atoms with E-state index >= 15 is 0 Å². The van der Waals surface area contributed by atoms with E-state index in [-0.39, 0.29) is 17.7 Å². The van der Waals surface area contributed by atoms with E-state index < -0.39 is 0 Å². The Morgan fingerprint density at radius 2 is 2.08 bits per heavy atom. The summed E-state index contributed by atoms with van der Waals surface area (Å²) in [5.41, 5.74) is 4.14. The number of benzene rings is 2. The van der Waals surface area contributed by atoms with Crippen molar-refractivity contribution in [2.75, 3.05) is 25.0 Å². The molecule has 1 N–H and O–H groups in total. The van der Waals surface area contributed by atoms with Gasteiger partial charge in [-0.25, -0.2) is 0 Å². The number of nitrogens with one attached hydrogen (secondary N) is 1. The minimum absolute atomic E-state index is 0.0572. The summed E-state index contributed by atoms with van der Waals surface area (Å²) in [6.07, 6.45) is 1.23. The summed E-state index contributed by atoms with van der Waals surface area (Å²) < 4.78 is 5.56. The monoisotopic (exact) mass is 350 g/mol. The second-order valence-corrected chi connectivity index (χ2v) is 6.82. The first-order chi connectivity index (χ1) is 12.6. The Morgan fingerprint density at radius 1 is 1.23 bits per heavy atom.